The quantitative estimate of drug-likeness (QED) is 0.362. The van der Waals surface area contributed by atoms with E-state index in [0.717, 1.165) is 16.6 Å². The van der Waals surface area contributed by atoms with Gasteiger partial charge < -0.3 is 10.2 Å². The molecule has 1 aromatic heterocycles. The first kappa shape index (κ1) is 19.6. The maximum atomic E-state index is 12.5. The molecule has 0 atom stereocenters. The highest BCUT2D eigenvalue weighted by atomic mass is 35.5. The summed E-state index contributed by atoms with van der Waals surface area (Å²) in [6, 6.07) is 13.2. The number of nitro groups is 1. The van der Waals surface area contributed by atoms with Gasteiger partial charge in [-0.3, -0.25) is 19.9 Å². The van der Waals surface area contributed by atoms with Crippen molar-refractivity contribution in [3.8, 4) is 0 Å². The number of nitrogens with one attached hydrogen (secondary N) is 1. The lowest BCUT2D eigenvalue weighted by Crippen LogP contribution is -2.28. The van der Waals surface area contributed by atoms with E-state index >= 15 is 0 Å². The van der Waals surface area contributed by atoms with Crippen molar-refractivity contribution >= 4 is 39.8 Å². The number of halogens is 1. The molecule has 144 valence electrons. The number of carbonyl (C=O) groups is 1. The molecular formula is C20H19ClN4O3. The Labute approximate surface area is 167 Å². The standard InChI is InChI=1S/C20H19ClN4O3/c1-24(20(26)14-4-2-5-16(12-14)25(27)28)11-3-9-22-18-8-10-23-19-13-15(21)6-7-17(18)19/h2,4-8,10,12-13H,3,9,11H2,1H3,(H,22,23). The van der Waals surface area contributed by atoms with Gasteiger partial charge in [-0.15, -0.1) is 0 Å². The third-order valence-electron chi connectivity index (χ3n) is 4.34. The van der Waals surface area contributed by atoms with E-state index in [9.17, 15) is 14.9 Å². The Balaban J connectivity index is 1.56. The SMILES string of the molecule is CN(CCCNc1ccnc2cc(Cl)ccc12)C(=O)c1cccc([N+](=O)[O-])c1. The Morgan fingerprint density at radius 3 is 2.86 bits per heavy atom. The van der Waals surface area contributed by atoms with Crippen LogP contribution >= 0.6 is 11.6 Å². The zero-order valence-corrected chi connectivity index (χ0v) is 16.0. The molecule has 0 aliphatic heterocycles. The number of hydrogen-bond acceptors (Lipinski definition) is 5. The van der Waals surface area contributed by atoms with Gasteiger partial charge in [0.1, 0.15) is 0 Å². The predicted molar refractivity (Wildman–Crippen MR) is 110 cm³/mol. The van der Waals surface area contributed by atoms with Crippen LogP contribution in [0.5, 0.6) is 0 Å². The Kier molecular flexibility index (Phi) is 6.06. The summed E-state index contributed by atoms with van der Waals surface area (Å²) < 4.78 is 0. The number of benzene rings is 2. The molecular weight excluding hydrogens is 380 g/mol. The van der Waals surface area contributed by atoms with Crippen molar-refractivity contribution in [2.75, 3.05) is 25.5 Å². The van der Waals surface area contributed by atoms with E-state index < -0.39 is 4.92 Å². The topological polar surface area (TPSA) is 88.4 Å². The minimum atomic E-state index is -0.507. The van der Waals surface area contributed by atoms with Gasteiger partial charge in [-0.25, -0.2) is 0 Å². The Hall–Kier alpha value is -3.19. The number of amides is 1. The second kappa shape index (κ2) is 8.67. The maximum Gasteiger partial charge on any atom is 0.270 e. The minimum absolute atomic E-state index is 0.0921. The second-order valence-corrected chi connectivity index (χ2v) is 6.77. The van der Waals surface area contributed by atoms with Crippen LogP contribution in [0.25, 0.3) is 10.9 Å². The van der Waals surface area contributed by atoms with Crippen LogP contribution in [0.3, 0.4) is 0 Å². The molecule has 0 spiro atoms. The van der Waals surface area contributed by atoms with Crippen molar-refractivity contribution in [2.24, 2.45) is 0 Å². The van der Waals surface area contributed by atoms with Gasteiger partial charge in [0.25, 0.3) is 11.6 Å². The van der Waals surface area contributed by atoms with E-state index in [0.29, 0.717) is 30.1 Å². The van der Waals surface area contributed by atoms with Crippen molar-refractivity contribution in [2.45, 2.75) is 6.42 Å². The maximum absolute atomic E-state index is 12.5. The van der Waals surface area contributed by atoms with E-state index in [2.05, 4.69) is 10.3 Å². The predicted octanol–water partition coefficient (Wildman–Crippen LogP) is 4.37. The largest absolute Gasteiger partial charge is 0.384 e. The van der Waals surface area contributed by atoms with Crippen molar-refractivity contribution in [3.63, 3.8) is 0 Å². The molecule has 7 nitrogen and oxygen atoms in total. The van der Waals surface area contributed by atoms with E-state index in [1.54, 1.807) is 24.2 Å². The first-order chi connectivity index (χ1) is 13.5. The Morgan fingerprint density at radius 1 is 1.25 bits per heavy atom. The van der Waals surface area contributed by atoms with Crippen molar-refractivity contribution in [1.82, 2.24) is 9.88 Å². The molecule has 28 heavy (non-hydrogen) atoms. The van der Waals surface area contributed by atoms with Crippen molar-refractivity contribution in [1.29, 1.82) is 0 Å². The minimum Gasteiger partial charge on any atom is -0.384 e. The van der Waals surface area contributed by atoms with Gasteiger partial charge in [0.15, 0.2) is 0 Å². The third kappa shape index (κ3) is 4.55. The fourth-order valence-corrected chi connectivity index (χ4v) is 3.06. The first-order valence-corrected chi connectivity index (χ1v) is 9.11. The van der Waals surface area contributed by atoms with Gasteiger partial charge in [-0.1, -0.05) is 17.7 Å². The molecule has 0 saturated carbocycles. The van der Waals surface area contributed by atoms with Crippen LogP contribution in [-0.2, 0) is 0 Å². The number of fused-ring (bicyclic) bond motifs is 1. The van der Waals surface area contributed by atoms with Crippen LogP contribution in [0.4, 0.5) is 11.4 Å². The summed E-state index contributed by atoms with van der Waals surface area (Å²) in [7, 11) is 1.69. The number of non-ortho nitro benzene ring substituents is 1. The summed E-state index contributed by atoms with van der Waals surface area (Å²) in [6.45, 7) is 1.18. The third-order valence-corrected chi connectivity index (χ3v) is 4.58. The van der Waals surface area contributed by atoms with Crippen molar-refractivity contribution < 1.29 is 9.72 Å². The van der Waals surface area contributed by atoms with Gasteiger partial charge in [0.2, 0.25) is 0 Å². The average molecular weight is 399 g/mol. The van der Waals surface area contributed by atoms with Gasteiger partial charge >= 0.3 is 0 Å². The number of nitrogens with zero attached hydrogens (tertiary/aromatic N) is 3. The number of hydrogen-bond donors (Lipinski definition) is 1. The molecule has 1 heterocycles. The fraction of sp³-hybridized carbons (Fsp3) is 0.200. The molecule has 0 aliphatic rings. The Bertz CT molecular complexity index is 1030. The highest BCUT2D eigenvalue weighted by Crippen LogP contribution is 2.24. The molecule has 1 amide bonds. The van der Waals surface area contributed by atoms with E-state index in [4.69, 9.17) is 11.6 Å². The number of pyridine rings is 1. The van der Waals surface area contributed by atoms with E-state index in [1.165, 1.54) is 18.2 Å². The smallest absolute Gasteiger partial charge is 0.270 e. The molecule has 0 saturated heterocycles. The van der Waals surface area contributed by atoms with Crippen LogP contribution in [0, 0.1) is 10.1 Å². The molecule has 0 radical (unpaired) electrons. The number of nitro benzene ring substituents is 1. The molecule has 0 aliphatic carbocycles. The highest BCUT2D eigenvalue weighted by molar-refractivity contribution is 6.31. The molecule has 0 bridgehead atoms. The number of anilines is 1. The lowest BCUT2D eigenvalue weighted by Gasteiger charge is -2.17. The lowest BCUT2D eigenvalue weighted by molar-refractivity contribution is -0.384. The zero-order valence-electron chi connectivity index (χ0n) is 15.3. The highest BCUT2D eigenvalue weighted by Gasteiger charge is 2.15. The molecule has 3 rings (SSSR count). The first-order valence-electron chi connectivity index (χ1n) is 8.74. The number of rotatable bonds is 7. The molecule has 2 aromatic carbocycles. The normalized spacial score (nSPS) is 10.6. The lowest BCUT2D eigenvalue weighted by atomic mass is 10.1. The number of aromatic nitrogens is 1. The molecule has 1 N–H and O–H groups in total. The van der Waals surface area contributed by atoms with Crippen molar-refractivity contribution in [3.05, 3.63) is 75.4 Å². The molecule has 8 heteroatoms. The van der Waals surface area contributed by atoms with Crippen LogP contribution in [0.15, 0.2) is 54.7 Å². The summed E-state index contributed by atoms with van der Waals surface area (Å²) in [4.78, 5) is 28.7. The molecule has 0 unspecified atom stereocenters. The van der Waals surface area contributed by atoms with Gasteiger partial charge in [-0.05, 0) is 36.8 Å². The fourth-order valence-electron chi connectivity index (χ4n) is 2.89. The van der Waals surface area contributed by atoms with Gasteiger partial charge in [0, 0.05) is 60.1 Å². The average Bonchev–Trinajstić information content (AvgIpc) is 2.70. The number of carbonyl (C=O) groups excluding carboxylic acids is 1. The van der Waals surface area contributed by atoms with Crippen LogP contribution < -0.4 is 5.32 Å². The summed E-state index contributed by atoms with van der Waals surface area (Å²) in [5.41, 5.74) is 1.98. The zero-order chi connectivity index (χ0) is 20.1. The van der Waals surface area contributed by atoms with E-state index in [-0.39, 0.29) is 11.6 Å². The van der Waals surface area contributed by atoms with E-state index in [1.807, 2.05) is 24.3 Å². The summed E-state index contributed by atoms with van der Waals surface area (Å²) in [6.07, 6.45) is 2.44. The van der Waals surface area contributed by atoms with Crippen LogP contribution in [0.1, 0.15) is 16.8 Å². The Morgan fingerprint density at radius 2 is 2.07 bits per heavy atom. The summed E-state index contributed by atoms with van der Waals surface area (Å²) >= 11 is 6.00. The van der Waals surface area contributed by atoms with Crippen LogP contribution in [-0.4, -0.2) is 40.9 Å². The van der Waals surface area contributed by atoms with Gasteiger partial charge in [0.05, 0.1) is 10.4 Å². The second-order valence-electron chi connectivity index (χ2n) is 6.33. The summed E-state index contributed by atoms with van der Waals surface area (Å²) in [5.74, 6) is -0.243. The monoisotopic (exact) mass is 398 g/mol. The van der Waals surface area contributed by atoms with Crippen LogP contribution in [0.2, 0.25) is 5.02 Å². The molecule has 0 fully saturated rings. The summed E-state index contributed by atoms with van der Waals surface area (Å²) in [5, 5.41) is 15.8. The molecule has 3 aromatic rings. The van der Waals surface area contributed by atoms with Gasteiger partial charge in [-0.2, -0.15) is 0 Å².